The lowest BCUT2D eigenvalue weighted by Crippen LogP contribution is -2.38. The molecule has 0 N–H and O–H groups in total. The third-order valence-corrected chi connectivity index (χ3v) is 8.72. The lowest BCUT2D eigenvalue weighted by molar-refractivity contribution is -0.121. The van der Waals surface area contributed by atoms with Crippen molar-refractivity contribution in [3.63, 3.8) is 0 Å². The van der Waals surface area contributed by atoms with Gasteiger partial charge in [0.25, 0.3) is 0 Å². The van der Waals surface area contributed by atoms with E-state index in [4.69, 9.17) is 0 Å². The average molecular weight is 492 g/mol. The van der Waals surface area contributed by atoms with Gasteiger partial charge in [0.2, 0.25) is 0 Å². The van der Waals surface area contributed by atoms with Crippen LogP contribution in [0.3, 0.4) is 0 Å². The summed E-state index contributed by atoms with van der Waals surface area (Å²) in [5, 5.41) is 0. The first-order valence-corrected chi connectivity index (χ1v) is 13.8. The van der Waals surface area contributed by atoms with E-state index in [1.807, 2.05) is 7.05 Å². The smallest absolute Gasteiger partial charge is 0.147 e. The maximum Gasteiger partial charge on any atom is 0.147 e. The monoisotopic (exact) mass is 491 g/mol. The van der Waals surface area contributed by atoms with Crippen LogP contribution in [0.5, 0.6) is 0 Å². The zero-order valence-electron chi connectivity index (χ0n) is 23.7. The van der Waals surface area contributed by atoms with Crippen molar-refractivity contribution in [1.82, 2.24) is 9.80 Å². The molecule has 1 aromatic carbocycles. The molecule has 5 atom stereocenters. The Morgan fingerprint density at radius 3 is 2.11 bits per heavy atom. The summed E-state index contributed by atoms with van der Waals surface area (Å²) in [6, 6.07) is 10.8. The fourth-order valence-corrected chi connectivity index (χ4v) is 6.53. The lowest BCUT2D eigenvalue weighted by atomic mass is 9.84. The van der Waals surface area contributed by atoms with Gasteiger partial charge in [0, 0.05) is 31.4 Å². The fraction of sp³-hybridized carbons (Fsp3) is 0.594. The second kappa shape index (κ2) is 12.9. The molecule has 198 valence electrons. The quantitative estimate of drug-likeness (QED) is 0.465. The van der Waals surface area contributed by atoms with Crippen LogP contribution in [0.4, 0.5) is 5.69 Å². The van der Waals surface area contributed by atoms with Gasteiger partial charge in [0.05, 0.1) is 12.1 Å². The number of Topliss-reactive ketones (excluding diaryl/α,β-unsaturated/α-hetero) is 1. The third kappa shape index (κ3) is 6.77. The molecule has 36 heavy (non-hydrogen) atoms. The molecule has 1 aliphatic carbocycles. The van der Waals surface area contributed by atoms with E-state index in [1.54, 1.807) is 6.92 Å². The van der Waals surface area contributed by atoms with E-state index in [0.29, 0.717) is 12.1 Å². The first-order chi connectivity index (χ1) is 17.1. The number of anilines is 1. The van der Waals surface area contributed by atoms with Crippen LogP contribution >= 0.6 is 0 Å². The minimum Gasteiger partial charge on any atom is -0.367 e. The minimum atomic E-state index is 0.130. The zero-order chi connectivity index (χ0) is 26.4. The van der Waals surface area contributed by atoms with Crippen molar-refractivity contribution in [3.05, 3.63) is 66.3 Å². The minimum absolute atomic E-state index is 0.130. The topological polar surface area (TPSA) is 26.8 Å². The number of rotatable bonds is 3. The summed E-state index contributed by atoms with van der Waals surface area (Å²) in [6.07, 6.45) is 13.3. The molecular weight excluding hydrogens is 442 g/mol. The van der Waals surface area contributed by atoms with Gasteiger partial charge in [-0.25, -0.2) is 0 Å². The summed E-state index contributed by atoms with van der Waals surface area (Å²) >= 11 is 0. The van der Waals surface area contributed by atoms with Crippen molar-refractivity contribution in [3.8, 4) is 0 Å². The number of carbonyl (C=O) groups is 1. The van der Waals surface area contributed by atoms with Crippen molar-refractivity contribution < 1.29 is 4.79 Å². The largest absolute Gasteiger partial charge is 0.367 e. The lowest BCUT2D eigenvalue weighted by Gasteiger charge is -2.30. The molecule has 4 aliphatic rings. The molecule has 0 spiro atoms. The normalized spacial score (nSPS) is 29.3. The highest BCUT2D eigenvalue weighted by Gasteiger charge is 2.39. The van der Waals surface area contributed by atoms with Crippen molar-refractivity contribution >= 4 is 11.5 Å². The van der Waals surface area contributed by atoms with Gasteiger partial charge in [-0.1, -0.05) is 67.5 Å². The van der Waals surface area contributed by atoms with E-state index in [-0.39, 0.29) is 11.8 Å². The summed E-state index contributed by atoms with van der Waals surface area (Å²) in [7, 11) is 6.41. The molecule has 0 bridgehead atoms. The number of nitrogens with zero attached hydrogens (tertiary/aromatic N) is 3. The van der Waals surface area contributed by atoms with Crippen molar-refractivity contribution in [2.45, 2.75) is 89.9 Å². The van der Waals surface area contributed by atoms with E-state index in [2.05, 4.69) is 92.2 Å². The molecule has 1 saturated carbocycles. The number of likely N-dealkylation sites (N-methyl/N-ethyl adjacent to an activating group) is 3. The number of benzene rings is 1. The van der Waals surface area contributed by atoms with Crippen LogP contribution in [0.2, 0.25) is 0 Å². The highest BCUT2D eigenvalue weighted by molar-refractivity contribution is 5.81. The van der Waals surface area contributed by atoms with Gasteiger partial charge in [-0.2, -0.15) is 0 Å². The van der Waals surface area contributed by atoms with E-state index < -0.39 is 0 Å². The Kier molecular flexibility index (Phi) is 10.2. The first-order valence-electron chi connectivity index (χ1n) is 13.8. The summed E-state index contributed by atoms with van der Waals surface area (Å²) in [5.41, 5.74) is 5.41. The summed E-state index contributed by atoms with van der Waals surface area (Å²) in [5.74, 6) is 1.24. The van der Waals surface area contributed by atoms with Gasteiger partial charge in [-0.05, 0) is 84.5 Å². The SMILES string of the molecule is C=C(C)C1CC2CCCCC2N1C.C=C(C)C1Cc2ccccc2N1C.CC(=O)C1CC=CCN1C. The summed E-state index contributed by atoms with van der Waals surface area (Å²) in [6.45, 7) is 15.0. The molecule has 1 aromatic rings. The Hall–Kier alpha value is -2.17. The predicted molar refractivity (Wildman–Crippen MR) is 155 cm³/mol. The number of likely N-dealkylation sites (tertiary alicyclic amines) is 1. The Bertz CT molecular complexity index is 950. The number of carbonyl (C=O) groups excluding carboxylic acids is 1. The van der Waals surface area contributed by atoms with E-state index in [1.165, 1.54) is 54.5 Å². The van der Waals surface area contributed by atoms with Crippen LogP contribution in [0.25, 0.3) is 0 Å². The van der Waals surface area contributed by atoms with Gasteiger partial charge in [-0.3, -0.25) is 14.6 Å². The summed E-state index contributed by atoms with van der Waals surface area (Å²) < 4.78 is 0. The maximum absolute atomic E-state index is 10.9. The van der Waals surface area contributed by atoms with Crippen LogP contribution < -0.4 is 4.90 Å². The maximum atomic E-state index is 10.9. The van der Waals surface area contributed by atoms with Crippen LogP contribution in [0, 0.1) is 5.92 Å². The second-order valence-electron chi connectivity index (χ2n) is 11.5. The van der Waals surface area contributed by atoms with Crippen molar-refractivity contribution in [2.24, 2.45) is 5.92 Å². The van der Waals surface area contributed by atoms with Gasteiger partial charge < -0.3 is 4.90 Å². The molecule has 0 radical (unpaired) electrons. The molecule has 0 aromatic heterocycles. The van der Waals surface area contributed by atoms with Crippen LogP contribution in [-0.2, 0) is 11.2 Å². The van der Waals surface area contributed by atoms with Gasteiger partial charge in [0.15, 0.2) is 0 Å². The molecular formula is C32H49N3O. The standard InChI is InChI=1S/C12H21N.C12H15N.C8H13NO/c2*1-9(2)12-8-10-6-4-5-7-11(10)13(12)3;1-7(10)8-5-3-4-6-9(8)2/h10-12H,1,4-8H2,2-3H3;4-7,12H,1,8H2,2-3H3;3-4,8H,5-6H2,1-2H3. The molecule has 3 aliphatic heterocycles. The number of hydrogen-bond acceptors (Lipinski definition) is 4. The van der Waals surface area contributed by atoms with E-state index in [0.717, 1.165) is 31.3 Å². The first kappa shape index (κ1) is 28.4. The van der Waals surface area contributed by atoms with Gasteiger partial charge >= 0.3 is 0 Å². The molecule has 4 nitrogen and oxygen atoms in total. The Morgan fingerprint density at radius 1 is 0.889 bits per heavy atom. The van der Waals surface area contributed by atoms with Crippen LogP contribution in [0.1, 0.15) is 64.9 Å². The third-order valence-electron chi connectivity index (χ3n) is 8.72. The average Bonchev–Trinajstić information content (AvgIpc) is 3.38. The van der Waals surface area contributed by atoms with Crippen molar-refractivity contribution in [2.75, 3.05) is 32.6 Å². The van der Waals surface area contributed by atoms with Gasteiger partial charge in [0.1, 0.15) is 5.78 Å². The molecule has 3 heterocycles. The Balaban J connectivity index is 0.000000152. The molecule has 5 unspecified atom stereocenters. The highest BCUT2D eigenvalue weighted by atomic mass is 16.1. The summed E-state index contributed by atoms with van der Waals surface area (Å²) in [4.78, 5) is 17.9. The van der Waals surface area contributed by atoms with Crippen molar-refractivity contribution in [1.29, 1.82) is 0 Å². The number of fused-ring (bicyclic) bond motifs is 2. The molecule has 4 heteroatoms. The van der Waals surface area contributed by atoms with Gasteiger partial charge in [-0.15, -0.1) is 0 Å². The number of para-hydroxylation sites is 1. The van der Waals surface area contributed by atoms with E-state index >= 15 is 0 Å². The fourth-order valence-electron chi connectivity index (χ4n) is 6.53. The highest BCUT2D eigenvalue weighted by Crippen LogP contribution is 2.40. The van der Waals surface area contributed by atoms with Crippen LogP contribution in [0.15, 0.2) is 60.7 Å². The molecule has 0 amide bonds. The molecule has 2 fully saturated rings. The Morgan fingerprint density at radius 2 is 1.56 bits per heavy atom. The second-order valence-corrected chi connectivity index (χ2v) is 11.5. The molecule has 1 saturated heterocycles. The molecule has 5 rings (SSSR count). The van der Waals surface area contributed by atoms with Crippen LogP contribution in [-0.4, -0.2) is 67.4 Å². The predicted octanol–water partition coefficient (Wildman–Crippen LogP) is 6.28. The zero-order valence-corrected chi connectivity index (χ0v) is 23.7. The Labute approximate surface area is 220 Å². The van der Waals surface area contributed by atoms with E-state index in [9.17, 15) is 4.79 Å². The number of ketones is 1. The number of hydrogen-bond donors (Lipinski definition) is 0.